The number of carbonyl (C=O) groups excluding carboxylic acids is 1. The van der Waals surface area contributed by atoms with Crippen molar-refractivity contribution in [2.24, 2.45) is 0 Å². The lowest BCUT2D eigenvalue weighted by Gasteiger charge is -2.00. The van der Waals surface area contributed by atoms with Crippen molar-refractivity contribution in [3.8, 4) is 0 Å². The van der Waals surface area contributed by atoms with Crippen LogP contribution in [0.2, 0.25) is 0 Å². The number of aromatic amines is 1. The molecule has 0 bridgehead atoms. The lowest BCUT2D eigenvalue weighted by molar-refractivity contribution is -0.137. The maximum atomic E-state index is 11.9. The Kier molecular flexibility index (Phi) is 4.83. The van der Waals surface area contributed by atoms with Gasteiger partial charge >= 0.3 is 5.97 Å². The topological polar surface area (TPSA) is 112 Å². The van der Waals surface area contributed by atoms with Gasteiger partial charge in [-0.1, -0.05) is 6.07 Å². The van der Waals surface area contributed by atoms with E-state index in [-0.39, 0.29) is 17.7 Å². The highest BCUT2D eigenvalue weighted by Gasteiger charge is 2.10. The molecule has 0 aliphatic rings. The number of carboxylic acid groups (broad SMARTS) is 1. The summed E-state index contributed by atoms with van der Waals surface area (Å²) in [4.78, 5) is 40.1. The highest BCUT2D eigenvalue weighted by Crippen LogP contribution is 2.17. The first-order valence-corrected chi connectivity index (χ1v) is 7.09. The Morgan fingerprint density at radius 3 is 2.90 bits per heavy atom. The maximum Gasteiger partial charge on any atom is 0.303 e. The van der Waals surface area contributed by atoms with Gasteiger partial charge < -0.3 is 10.1 Å². The summed E-state index contributed by atoms with van der Waals surface area (Å²) in [5.74, 6) is -1.29. The first-order chi connectivity index (χ1) is 10.0. The molecule has 0 aromatic carbocycles. The number of nitrogens with zero attached hydrogens (tertiary/aromatic N) is 1. The van der Waals surface area contributed by atoms with Crippen molar-refractivity contribution in [1.29, 1.82) is 0 Å². The Labute approximate surface area is 123 Å². The number of hydrogen-bond donors (Lipinski definition) is 3. The summed E-state index contributed by atoms with van der Waals surface area (Å²) in [6.45, 7) is 0. The average molecular weight is 307 g/mol. The molecule has 0 saturated carbocycles. The molecule has 2 heterocycles. The molecule has 2 rings (SSSR count). The van der Waals surface area contributed by atoms with Crippen LogP contribution in [0.5, 0.6) is 0 Å². The average Bonchev–Trinajstić information content (AvgIpc) is 2.86. The molecule has 3 N–H and O–H groups in total. The van der Waals surface area contributed by atoms with Crippen molar-refractivity contribution in [2.75, 3.05) is 5.32 Å². The van der Waals surface area contributed by atoms with Gasteiger partial charge in [0.1, 0.15) is 5.69 Å². The minimum Gasteiger partial charge on any atom is -0.481 e. The number of thiazole rings is 1. The van der Waals surface area contributed by atoms with Gasteiger partial charge in [0.25, 0.3) is 5.91 Å². The third kappa shape index (κ3) is 4.53. The van der Waals surface area contributed by atoms with E-state index in [2.05, 4.69) is 15.3 Å². The van der Waals surface area contributed by atoms with Crippen molar-refractivity contribution in [3.05, 3.63) is 45.3 Å². The molecule has 0 unspecified atom stereocenters. The predicted molar refractivity (Wildman–Crippen MR) is 77.7 cm³/mol. The normalized spacial score (nSPS) is 10.3. The van der Waals surface area contributed by atoms with Crippen molar-refractivity contribution < 1.29 is 14.7 Å². The van der Waals surface area contributed by atoms with E-state index in [0.29, 0.717) is 18.0 Å². The number of nitrogens with one attached hydrogen (secondary N) is 2. The fourth-order valence-electron chi connectivity index (χ4n) is 1.64. The fourth-order valence-corrected chi connectivity index (χ4v) is 2.38. The molecule has 8 heteroatoms. The summed E-state index contributed by atoms with van der Waals surface area (Å²) in [5, 5.41) is 13.3. The lowest BCUT2D eigenvalue weighted by atomic mass is 10.2. The molecule has 0 radical (unpaired) electrons. The highest BCUT2D eigenvalue weighted by molar-refractivity contribution is 7.13. The molecule has 0 saturated heterocycles. The first-order valence-electron chi connectivity index (χ1n) is 6.21. The van der Waals surface area contributed by atoms with Crippen LogP contribution in [0.3, 0.4) is 0 Å². The minimum atomic E-state index is -0.841. The fraction of sp³-hybridized carbons (Fsp3) is 0.231. The molecule has 110 valence electrons. The Hall–Kier alpha value is -2.48. The number of aryl methyl sites for hydroxylation is 1. The van der Waals surface area contributed by atoms with Crippen LogP contribution < -0.4 is 10.9 Å². The zero-order chi connectivity index (χ0) is 15.2. The molecule has 0 spiro atoms. The van der Waals surface area contributed by atoms with Crippen LogP contribution in [-0.4, -0.2) is 27.0 Å². The van der Waals surface area contributed by atoms with Gasteiger partial charge in [0.05, 0.1) is 5.69 Å². The number of anilines is 1. The van der Waals surface area contributed by atoms with E-state index in [1.165, 1.54) is 29.5 Å². The minimum absolute atomic E-state index is 0.0878. The van der Waals surface area contributed by atoms with Crippen LogP contribution in [0.1, 0.15) is 29.0 Å². The second-order valence-corrected chi connectivity index (χ2v) is 5.13. The van der Waals surface area contributed by atoms with Crippen molar-refractivity contribution in [2.45, 2.75) is 19.3 Å². The van der Waals surface area contributed by atoms with Crippen LogP contribution in [0.4, 0.5) is 5.13 Å². The molecule has 1 amide bonds. The number of amides is 1. The zero-order valence-corrected chi connectivity index (χ0v) is 11.8. The highest BCUT2D eigenvalue weighted by atomic mass is 32.1. The lowest BCUT2D eigenvalue weighted by Crippen LogP contribution is -2.17. The molecule has 2 aromatic heterocycles. The van der Waals surface area contributed by atoms with Crippen LogP contribution in [0.15, 0.2) is 28.4 Å². The number of pyridine rings is 1. The number of aromatic nitrogens is 2. The van der Waals surface area contributed by atoms with Crippen LogP contribution in [-0.2, 0) is 11.2 Å². The summed E-state index contributed by atoms with van der Waals surface area (Å²) in [6.07, 6.45) is 1.13. The van der Waals surface area contributed by atoms with Crippen LogP contribution in [0.25, 0.3) is 0 Å². The number of H-pyrrole nitrogens is 1. The summed E-state index contributed by atoms with van der Waals surface area (Å²) >= 11 is 1.25. The molecule has 0 aliphatic carbocycles. The number of rotatable bonds is 6. The molecule has 7 nitrogen and oxygen atoms in total. The summed E-state index contributed by atoms with van der Waals surface area (Å²) in [6, 6.07) is 4.31. The van der Waals surface area contributed by atoms with E-state index in [1.54, 1.807) is 5.38 Å². The van der Waals surface area contributed by atoms with Crippen LogP contribution >= 0.6 is 11.3 Å². The molecular weight excluding hydrogens is 294 g/mol. The van der Waals surface area contributed by atoms with Crippen molar-refractivity contribution >= 4 is 28.3 Å². The third-order valence-electron chi connectivity index (χ3n) is 2.61. The number of carbonyl (C=O) groups is 2. The predicted octanol–water partition coefficient (Wildman–Crippen LogP) is 1.49. The Morgan fingerprint density at radius 1 is 1.38 bits per heavy atom. The first kappa shape index (κ1) is 14.9. The Balaban J connectivity index is 1.94. The number of aliphatic carboxylic acids is 1. The zero-order valence-electron chi connectivity index (χ0n) is 11.0. The number of carboxylic acids is 1. The van der Waals surface area contributed by atoms with E-state index >= 15 is 0 Å². The molecule has 0 atom stereocenters. The smallest absolute Gasteiger partial charge is 0.303 e. The van der Waals surface area contributed by atoms with Gasteiger partial charge in [-0.25, -0.2) is 4.98 Å². The summed E-state index contributed by atoms with van der Waals surface area (Å²) < 4.78 is 0. The molecule has 21 heavy (non-hydrogen) atoms. The largest absolute Gasteiger partial charge is 0.481 e. The van der Waals surface area contributed by atoms with Gasteiger partial charge in [0.2, 0.25) is 5.56 Å². The monoisotopic (exact) mass is 307 g/mol. The third-order valence-corrected chi connectivity index (χ3v) is 3.42. The van der Waals surface area contributed by atoms with Crippen molar-refractivity contribution in [3.63, 3.8) is 0 Å². The van der Waals surface area contributed by atoms with Gasteiger partial charge in [-0.3, -0.25) is 19.7 Å². The Morgan fingerprint density at radius 2 is 2.19 bits per heavy atom. The van der Waals surface area contributed by atoms with Gasteiger partial charge in [0.15, 0.2) is 5.13 Å². The summed E-state index contributed by atoms with van der Waals surface area (Å²) in [5.41, 5.74) is 0.541. The van der Waals surface area contributed by atoms with Gasteiger partial charge in [-0.2, -0.15) is 0 Å². The van der Waals surface area contributed by atoms with E-state index in [4.69, 9.17) is 5.11 Å². The summed E-state index contributed by atoms with van der Waals surface area (Å²) in [7, 11) is 0. The number of hydrogen-bond acceptors (Lipinski definition) is 5. The van der Waals surface area contributed by atoms with Gasteiger partial charge in [-0.15, -0.1) is 11.3 Å². The second kappa shape index (κ2) is 6.80. The van der Waals surface area contributed by atoms with E-state index in [1.807, 2.05) is 0 Å². The van der Waals surface area contributed by atoms with E-state index < -0.39 is 11.9 Å². The second-order valence-electron chi connectivity index (χ2n) is 4.27. The van der Waals surface area contributed by atoms with E-state index in [9.17, 15) is 14.4 Å². The molecule has 0 fully saturated rings. The maximum absolute atomic E-state index is 11.9. The quantitative estimate of drug-likeness (QED) is 0.748. The Bertz CT molecular complexity index is 707. The standard InChI is InChI=1S/C13H13N3O4S/c17-10-5-2-4-9(15-10)12(20)16-13-14-8(7-21-13)3-1-6-11(18)19/h2,4-5,7H,1,3,6H2,(H,15,17)(H,18,19)(H,14,16,20). The molecule has 2 aromatic rings. The molecular formula is C13H13N3O4S. The molecule has 0 aliphatic heterocycles. The van der Waals surface area contributed by atoms with Crippen molar-refractivity contribution in [1.82, 2.24) is 9.97 Å². The SMILES string of the molecule is O=C(O)CCCc1csc(NC(=O)c2cccc(=O)[nH]2)n1. The van der Waals surface area contributed by atoms with Gasteiger partial charge in [-0.05, 0) is 18.9 Å². The van der Waals surface area contributed by atoms with Gasteiger partial charge in [0, 0.05) is 17.9 Å². The van der Waals surface area contributed by atoms with E-state index in [0.717, 1.165) is 5.69 Å². The van der Waals surface area contributed by atoms with Crippen LogP contribution in [0, 0.1) is 0 Å².